The van der Waals surface area contributed by atoms with Crippen LogP contribution in [-0.2, 0) is 19.2 Å². The Morgan fingerprint density at radius 1 is 0.471 bits per heavy atom. The predicted molar refractivity (Wildman–Crippen MR) is 471 cm³/mol. The average molecular weight is 1690 g/mol. The quantitative estimate of drug-likeness (QED) is 0.0329. The van der Waals surface area contributed by atoms with E-state index in [1.807, 2.05) is 125 Å². The van der Waals surface area contributed by atoms with E-state index in [1.165, 1.54) is 90.7 Å². The van der Waals surface area contributed by atoms with Gasteiger partial charge in [-0.05, 0) is 205 Å². The molecule has 0 saturated carbocycles. The maximum absolute atomic E-state index is 12.1. The molecule has 2 unspecified atom stereocenters. The highest BCUT2D eigenvalue weighted by Gasteiger charge is 2.24. The minimum absolute atomic E-state index is 0.0408. The second-order valence-corrected chi connectivity index (χ2v) is 33.9. The van der Waals surface area contributed by atoms with E-state index in [9.17, 15) is 43.2 Å². The molecule has 0 aliphatic carbocycles. The number of nitriles is 5. The van der Waals surface area contributed by atoms with Crippen LogP contribution in [0.5, 0.6) is 0 Å². The van der Waals surface area contributed by atoms with Crippen molar-refractivity contribution in [3.8, 4) is 30.3 Å². The van der Waals surface area contributed by atoms with E-state index >= 15 is 0 Å². The van der Waals surface area contributed by atoms with Gasteiger partial charge in [0.1, 0.15) is 80.2 Å². The number of thiazole rings is 5. The lowest BCUT2D eigenvalue weighted by molar-refractivity contribution is -0.118. The lowest BCUT2D eigenvalue weighted by Gasteiger charge is -2.26. The largest absolute Gasteiger partial charge is 0.360 e. The van der Waals surface area contributed by atoms with Crippen LogP contribution in [0.15, 0.2) is 115 Å². The van der Waals surface area contributed by atoms with Crippen molar-refractivity contribution in [1.29, 1.82) is 26.3 Å². The van der Waals surface area contributed by atoms with Crippen molar-refractivity contribution in [1.82, 2.24) is 69.4 Å². The normalized spacial score (nSPS) is 12.6. The Hall–Kier alpha value is -13.0. The number of nitrogens with one attached hydrogen (secondary N) is 7. The highest BCUT2D eigenvalue weighted by Crippen LogP contribution is 2.38. The van der Waals surface area contributed by atoms with Crippen molar-refractivity contribution >= 4 is 202 Å². The average Bonchev–Trinajstić information content (AvgIpc) is 1.69. The molecule has 5 aromatic carbocycles. The molecule has 1 aliphatic rings. The summed E-state index contributed by atoms with van der Waals surface area (Å²) in [5.74, 6) is -0.595. The molecule has 0 spiro atoms. The van der Waals surface area contributed by atoms with Crippen molar-refractivity contribution in [2.24, 2.45) is 0 Å². The zero-order valence-electron chi connectivity index (χ0n) is 65.8. The molecule has 1 fully saturated rings. The molecule has 11 heterocycles. The summed E-state index contributed by atoms with van der Waals surface area (Å²) in [6.45, 7) is 10.3. The number of aldehydes is 1. The fourth-order valence-electron chi connectivity index (χ4n) is 13.3. The van der Waals surface area contributed by atoms with Crippen LogP contribution >= 0.6 is 56.7 Å². The number of piperidine rings is 1. The number of aromatic amines is 5. The molecule has 119 heavy (non-hydrogen) atoms. The molecule has 1 saturated heterocycles. The second kappa shape index (κ2) is 38.4. The Kier molecular flexibility index (Phi) is 27.5. The second-order valence-electron chi connectivity index (χ2n) is 28.7. The number of nitrogens with zero attached hydrogens (tertiary/aromatic N) is 15. The van der Waals surface area contributed by atoms with Gasteiger partial charge in [0.25, 0.3) is 27.8 Å². The van der Waals surface area contributed by atoms with Gasteiger partial charge in [-0.3, -0.25) is 43.3 Å². The van der Waals surface area contributed by atoms with Gasteiger partial charge in [-0.1, -0.05) is 40.4 Å². The molecule has 2 atom stereocenters. The van der Waals surface area contributed by atoms with Crippen molar-refractivity contribution in [3.05, 3.63) is 181 Å². The smallest absolute Gasteiger partial charge is 0.266 e. The first-order valence-corrected chi connectivity index (χ1v) is 41.6. The van der Waals surface area contributed by atoms with E-state index in [4.69, 9.17) is 31.3 Å². The van der Waals surface area contributed by atoms with E-state index in [0.717, 1.165) is 123 Å². The van der Waals surface area contributed by atoms with Crippen LogP contribution in [0.2, 0.25) is 0 Å². The van der Waals surface area contributed by atoms with E-state index in [-0.39, 0.29) is 56.9 Å². The summed E-state index contributed by atoms with van der Waals surface area (Å²) in [6, 6.07) is 35.8. The summed E-state index contributed by atoms with van der Waals surface area (Å²) in [5, 5.41) is 58.5. The number of amides is 2. The van der Waals surface area contributed by atoms with Crippen molar-refractivity contribution in [2.45, 2.75) is 64.2 Å². The summed E-state index contributed by atoms with van der Waals surface area (Å²) < 4.78 is 4.69. The Morgan fingerprint density at radius 3 is 1.24 bits per heavy atom. The van der Waals surface area contributed by atoms with E-state index < -0.39 is 22.2 Å². The van der Waals surface area contributed by atoms with Crippen LogP contribution in [0.3, 0.4) is 0 Å². The fourth-order valence-corrected chi connectivity index (χ4v) is 18.3. The van der Waals surface area contributed by atoms with Gasteiger partial charge in [-0.25, -0.2) is 24.9 Å². The van der Waals surface area contributed by atoms with Gasteiger partial charge in [-0.15, -0.1) is 22.7 Å². The standard InChI is InChI=1S/C18H19N5OS.C18H18N4O2S.C17H17N5O2S.C17H16N4O2S.C13H8N4O2S/c19-11-12-10-13-14(21-17(12)24)4-5-15-16(13)22-18(25-15)20-6-9-23-7-2-1-3-8-23;1-10(23)12(6-7-22(2)3)18-21-16-13-8-11(9-19)17(24)20-14(13)4-5-15(16)25-18;1-21(2)6-3-7-22(10-23)17-20-15-12-8-11(9-18)16(24)19-13(12)4-5-14(15)25-17;1-21(2)6-5-10(9-22)17-20-15-12-7-11(8-18)16(23)19-13(12)3-4-14(15)24-17;1-6(18)15-13-17-11-8-4-7(5-14)12(19)16-9(8)2-3-10(11)20-13/h4-5,10H,1-3,6-9H2,(H,20,22)(H,21,24);4-5,8,12H,6-7H2,1-3H3,(H,20,24);4-5,8,10H,3,6-7H2,1-2H3,(H,19,24);3-4,7,9-10H,5-6H2,1-2H3,(H,19,23);2-4H,1H3,(H,16,19)(H,15,17,18). The van der Waals surface area contributed by atoms with Gasteiger partial charge < -0.3 is 59.9 Å². The molecule has 7 N–H and O–H groups in total. The lowest BCUT2D eigenvalue weighted by Crippen LogP contribution is -2.33. The lowest BCUT2D eigenvalue weighted by atomic mass is 10.0. The number of Topliss-reactive ketones (excluding diaryl/α,β-unsaturated/α-hetero) is 1. The number of aromatic nitrogens is 10. The van der Waals surface area contributed by atoms with Crippen LogP contribution < -0.4 is 43.3 Å². The van der Waals surface area contributed by atoms with Crippen LogP contribution in [-0.4, -0.2) is 188 Å². The number of H-pyrrole nitrogens is 5. The van der Waals surface area contributed by atoms with Crippen molar-refractivity contribution < 1.29 is 19.2 Å². The number of fused-ring (bicyclic) bond motifs is 15. The molecule has 31 nitrogen and oxygen atoms in total. The highest BCUT2D eigenvalue weighted by molar-refractivity contribution is 7.23. The number of carbonyl (C=O) groups excluding carboxylic acids is 4. The molecular weight excluding hydrogens is 1610 g/mol. The number of ketones is 1. The Morgan fingerprint density at radius 2 is 0.840 bits per heavy atom. The van der Waals surface area contributed by atoms with Gasteiger partial charge in [-0.2, -0.15) is 26.3 Å². The zero-order valence-corrected chi connectivity index (χ0v) is 69.9. The minimum atomic E-state index is -0.420. The molecule has 604 valence electrons. The summed E-state index contributed by atoms with van der Waals surface area (Å²) in [7, 11) is 11.9. The van der Waals surface area contributed by atoms with E-state index in [1.54, 1.807) is 65.6 Å². The molecule has 15 aromatic rings. The monoisotopic (exact) mass is 1690 g/mol. The van der Waals surface area contributed by atoms with Gasteiger partial charge in [0, 0.05) is 53.5 Å². The number of rotatable bonds is 21. The van der Waals surface area contributed by atoms with Gasteiger partial charge in [0.2, 0.25) is 12.3 Å². The highest BCUT2D eigenvalue weighted by atomic mass is 32.1. The van der Waals surface area contributed by atoms with Gasteiger partial charge in [0.15, 0.2) is 15.4 Å². The summed E-state index contributed by atoms with van der Waals surface area (Å²) in [4.78, 5) is 151. The molecule has 0 bridgehead atoms. The Balaban J connectivity index is 0.000000137. The number of pyridine rings is 5. The van der Waals surface area contributed by atoms with Gasteiger partial charge in [0.05, 0.1) is 90.5 Å². The fraction of sp³-hybridized carbons (Fsp3) is 0.289. The molecule has 2 amide bonds. The summed E-state index contributed by atoms with van der Waals surface area (Å²) in [5.41, 5.74) is 5.16. The van der Waals surface area contributed by atoms with Crippen LogP contribution in [0.1, 0.15) is 102 Å². The molecule has 0 radical (unpaired) electrons. The molecule has 36 heteroatoms. The first kappa shape index (κ1) is 85.3. The van der Waals surface area contributed by atoms with Crippen molar-refractivity contribution in [2.75, 3.05) is 110 Å². The molecular formula is C83H78N22O9S5. The third-order valence-electron chi connectivity index (χ3n) is 19.4. The van der Waals surface area contributed by atoms with Crippen molar-refractivity contribution in [3.63, 3.8) is 0 Å². The topological polar surface area (TPSA) is 456 Å². The molecule has 16 rings (SSSR count). The van der Waals surface area contributed by atoms with Crippen LogP contribution in [0, 0.1) is 56.7 Å². The molecule has 1 aliphatic heterocycles. The van der Waals surface area contributed by atoms with E-state index in [0.29, 0.717) is 79.0 Å². The van der Waals surface area contributed by atoms with Crippen LogP contribution in [0.4, 0.5) is 15.4 Å². The minimum Gasteiger partial charge on any atom is -0.360 e. The summed E-state index contributed by atoms with van der Waals surface area (Å²) in [6.07, 6.45) is 7.92. The summed E-state index contributed by atoms with van der Waals surface area (Å²) >= 11 is 7.33. The third kappa shape index (κ3) is 20.0. The predicted octanol–water partition coefficient (Wildman–Crippen LogP) is 11.7. The Labute approximate surface area is 697 Å². The maximum Gasteiger partial charge on any atom is 0.266 e. The maximum atomic E-state index is 12.1. The van der Waals surface area contributed by atoms with E-state index in [2.05, 4.69) is 65.3 Å². The third-order valence-corrected chi connectivity index (χ3v) is 24.6. The first-order valence-electron chi connectivity index (χ1n) is 37.5. The number of likely N-dealkylation sites (tertiary alicyclic amines) is 1. The zero-order chi connectivity index (χ0) is 84.9. The number of carbonyl (C=O) groups is 4. The van der Waals surface area contributed by atoms with Crippen LogP contribution in [0.25, 0.3) is 106 Å². The number of hydrogen-bond donors (Lipinski definition) is 7. The Bertz CT molecular complexity index is 6990. The number of benzene rings is 5. The first-order chi connectivity index (χ1) is 57.3. The number of hydrogen-bond acceptors (Lipinski definition) is 29. The number of anilines is 3. The SMILES string of the molecule is CC(=O)C(CCN(C)C)c1nc2c(ccc3[nH]c(=O)c(C#N)cc32)s1.CC(=O)Nc1nc2c(ccc3[nH]c(=O)c(C#N)cc32)s1.CN(C)CCC(C=O)c1nc2c(ccc3[nH]c(=O)c(C#N)cc32)s1.CN(C)CCCN(C=O)c1nc2c(ccc3[nH]c(=O)c(C#N)cc32)s1.N#Cc1cc2c(ccc3sc(NCCN4CCCCC4)nc32)[nH]c1=O. The molecule has 10 aromatic heterocycles. The van der Waals surface area contributed by atoms with Gasteiger partial charge >= 0.3 is 0 Å².